The van der Waals surface area contributed by atoms with Gasteiger partial charge in [0.05, 0.1) is 6.04 Å². The Labute approximate surface area is 131 Å². The van der Waals surface area contributed by atoms with Gasteiger partial charge in [0.15, 0.2) is 0 Å². The second kappa shape index (κ2) is 7.95. The molecule has 0 aliphatic heterocycles. The lowest BCUT2D eigenvalue weighted by atomic mass is 9.77. The van der Waals surface area contributed by atoms with Crippen molar-refractivity contribution >= 4 is 0 Å². The van der Waals surface area contributed by atoms with Crippen LogP contribution in [-0.2, 0) is 0 Å². The molecule has 1 aromatic carbocycles. The molecular weight excluding hydrogens is 256 g/mol. The van der Waals surface area contributed by atoms with Crippen LogP contribution in [0.25, 0.3) is 0 Å². The Balaban J connectivity index is 3.41. The topological polar surface area (TPSA) is 15.3 Å². The lowest BCUT2D eigenvalue weighted by molar-refractivity contribution is 0.0512. The normalized spacial score (nSPS) is 13.7. The molecule has 1 rings (SSSR count). The van der Waals surface area contributed by atoms with Gasteiger partial charge in [0.25, 0.3) is 0 Å². The van der Waals surface area contributed by atoms with E-state index in [1.807, 2.05) is 0 Å². The molecule has 0 spiro atoms. The number of benzene rings is 1. The monoisotopic (exact) mass is 290 g/mol. The van der Waals surface area contributed by atoms with Crippen LogP contribution < -0.4 is 5.32 Å². The van der Waals surface area contributed by atoms with Crippen LogP contribution in [0.5, 0.6) is 0 Å². The van der Waals surface area contributed by atoms with Crippen LogP contribution in [0, 0.1) is 13.8 Å². The zero-order chi connectivity index (χ0) is 16.0. The largest absolute Gasteiger partial charge is 0.311 e. The number of rotatable bonds is 8. The number of aryl methyl sites for hydroxylation is 1. The minimum atomic E-state index is 0.177. The molecule has 0 radical (unpaired) electrons. The highest BCUT2D eigenvalue weighted by molar-refractivity contribution is 5.37. The minimum absolute atomic E-state index is 0.177. The van der Waals surface area contributed by atoms with Gasteiger partial charge in [0.2, 0.25) is 0 Å². The Morgan fingerprint density at radius 2 is 1.62 bits per heavy atom. The first-order chi connectivity index (χ1) is 10.0. The van der Waals surface area contributed by atoms with Gasteiger partial charge in [-0.25, -0.2) is 0 Å². The molecule has 2 nitrogen and oxygen atoms in total. The lowest BCUT2D eigenvalue weighted by Gasteiger charge is -2.48. The molecule has 0 saturated carbocycles. The summed E-state index contributed by atoms with van der Waals surface area (Å²) in [4.78, 5) is 2.63. The summed E-state index contributed by atoms with van der Waals surface area (Å²) in [6, 6.07) is 7.07. The van der Waals surface area contributed by atoms with Crippen molar-refractivity contribution in [1.29, 1.82) is 0 Å². The predicted molar refractivity (Wildman–Crippen MR) is 94.0 cm³/mol. The maximum atomic E-state index is 3.64. The highest BCUT2D eigenvalue weighted by Crippen LogP contribution is 2.38. The maximum Gasteiger partial charge on any atom is 0.0507 e. The summed E-state index contributed by atoms with van der Waals surface area (Å²) in [6.07, 6.45) is 2.31. The fourth-order valence-electron chi connectivity index (χ4n) is 3.94. The van der Waals surface area contributed by atoms with Crippen molar-refractivity contribution in [2.75, 3.05) is 20.1 Å². The molecule has 1 N–H and O–H groups in total. The third-order valence-electron chi connectivity index (χ3n) is 5.40. The smallest absolute Gasteiger partial charge is 0.0507 e. The maximum absolute atomic E-state index is 3.64. The molecule has 0 aliphatic rings. The van der Waals surface area contributed by atoms with Crippen molar-refractivity contribution in [3.63, 3.8) is 0 Å². The van der Waals surface area contributed by atoms with E-state index in [9.17, 15) is 0 Å². The molecule has 0 aromatic heterocycles. The van der Waals surface area contributed by atoms with Gasteiger partial charge in [0, 0.05) is 5.54 Å². The standard InChI is InChI=1S/C19H34N2/c1-8-19(9-2,21(10-3)11-4)18(20-7)17-14-12-13-15(5)16(17)6/h12-14,18,20H,8-11H2,1-7H3. The fourth-order valence-corrected chi connectivity index (χ4v) is 3.94. The average molecular weight is 290 g/mol. The van der Waals surface area contributed by atoms with Crippen LogP contribution in [0.1, 0.15) is 63.3 Å². The zero-order valence-corrected chi connectivity index (χ0v) is 15.1. The number of hydrogen-bond donors (Lipinski definition) is 1. The Morgan fingerprint density at radius 1 is 1.05 bits per heavy atom. The Bertz CT molecular complexity index is 431. The van der Waals surface area contributed by atoms with Gasteiger partial charge < -0.3 is 5.32 Å². The summed E-state index contributed by atoms with van der Waals surface area (Å²) in [5.41, 5.74) is 4.44. The van der Waals surface area contributed by atoms with Gasteiger partial charge in [-0.05, 0) is 63.5 Å². The van der Waals surface area contributed by atoms with Crippen molar-refractivity contribution in [3.05, 3.63) is 34.9 Å². The molecule has 0 bridgehead atoms. The van der Waals surface area contributed by atoms with Crippen LogP contribution in [-0.4, -0.2) is 30.6 Å². The van der Waals surface area contributed by atoms with Gasteiger partial charge in [0.1, 0.15) is 0 Å². The molecule has 1 atom stereocenters. The summed E-state index contributed by atoms with van der Waals surface area (Å²) in [5.74, 6) is 0. The molecule has 0 saturated heterocycles. The predicted octanol–water partition coefficient (Wildman–Crippen LogP) is 4.46. The van der Waals surface area contributed by atoms with Gasteiger partial charge in [-0.2, -0.15) is 0 Å². The highest BCUT2D eigenvalue weighted by atomic mass is 15.2. The first kappa shape index (κ1) is 18.2. The van der Waals surface area contributed by atoms with E-state index in [4.69, 9.17) is 0 Å². The van der Waals surface area contributed by atoms with E-state index >= 15 is 0 Å². The summed E-state index contributed by atoms with van der Waals surface area (Å²) in [5, 5.41) is 3.64. The Hall–Kier alpha value is -0.860. The quantitative estimate of drug-likeness (QED) is 0.760. The van der Waals surface area contributed by atoms with E-state index in [-0.39, 0.29) is 5.54 Å². The molecule has 2 heteroatoms. The number of nitrogens with one attached hydrogen (secondary N) is 1. The van der Waals surface area contributed by atoms with Gasteiger partial charge >= 0.3 is 0 Å². The third kappa shape index (κ3) is 3.32. The molecule has 0 fully saturated rings. The van der Waals surface area contributed by atoms with Crippen LogP contribution in [0.4, 0.5) is 0 Å². The summed E-state index contributed by atoms with van der Waals surface area (Å²) in [6.45, 7) is 15.9. The van der Waals surface area contributed by atoms with Crippen molar-refractivity contribution in [3.8, 4) is 0 Å². The van der Waals surface area contributed by atoms with Gasteiger partial charge in [-0.1, -0.05) is 45.9 Å². The van der Waals surface area contributed by atoms with E-state index in [0.717, 1.165) is 25.9 Å². The second-order valence-corrected chi connectivity index (χ2v) is 5.99. The first-order valence-corrected chi connectivity index (χ1v) is 8.50. The fraction of sp³-hybridized carbons (Fsp3) is 0.684. The van der Waals surface area contributed by atoms with E-state index in [0.29, 0.717) is 6.04 Å². The van der Waals surface area contributed by atoms with Crippen LogP contribution in [0.2, 0.25) is 0 Å². The Kier molecular flexibility index (Phi) is 6.89. The van der Waals surface area contributed by atoms with E-state index in [1.54, 1.807) is 0 Å². The molecule has 120 valence electrons. The highest BCUT2D eigenvalue weighted by Gasteiger charge is 2.40. The van der Waals surface area contributed by atoms with Crippen molar-refractivity contribution in [1.82, 2.24) is 10.2 Å². The lowest BCUT2D eigenvalue weighted by Crippen LogP contribution is -2.55. The first-order valence-electron chi connectivity index (χ1n) is 8.50. The van der Waals surface area contributed by atoms with Crippen molar-refractivity contribution in [2.24, 2.45) is 0 Å². The van der Waals surface area contributed by atoms with E-state index < -0.39 is 0 Å². The molecule has 21 heavy (non-hydrogen) atoms. The molecule has 1 aromatic rings. The molecule has 0 amide bonds. The third-order valence-corrected chi connectivity index (χ3v) is 5.40. The molecular formula is C19H34N2. The molecule has 0 aliphatic carbocycles. The Morgan fingerprint density at radius 3 is 2.05 bits per heavy atom. The van der Waals surface area contributed by atoms with Gasteiger partial charge in [-0.15, -0.1) is 0 Å². The van der Waals surface area contributed by atoms with Crippen molar-refractivity contribution < 1.29 is 0 Å². The summed E-state index contributed by atoms with van der Waals surface area (Å²) < 4.78 is 0. The summed E-state index contributed by atoms with van der Waals surface area (Å²) in [7, 11) is 2.11. The van der Waals surface area contributed by atoms with E-state index in [2.05, 4.69) is 77.0 Å². The summed E-state index contributed by atoms with van der Waals surface area (Å²) >= 11 is 0. The van der Waals surface area contributed by atoms with Crippen LogP contribution in [0.15, 0.2) is 18.2 Å². The second-order valence-electron chi connectivity index (χ2n) is 5.99. The molecule has 0 heterocycles. The zero-order valence-electron chi connectivity index (χ0n) is 15.1. The van der Waals surface area contributed by atoms with Crippen LogP contribution >= 0.6 is 0 Å². The van der Waals surface area contributed by atoms with E-state index in [1.165, 1.54) is 16.7 Å². The molecule has 1 unspecified atom stereocenters. The van der Waals surface area contributed by atoms with Crippen LogP contribution in [0.3, 0.4) is 0 Å². The van der Waals surface area contributed by atoms with Gasteiger partial charge in [-0.3, -0.25) is 4.90 Å². The average Bonchev–Trinajstić information content (AvgIpc) is 2.51. The van der Waals surface area contributed by atoms with Crippen molar-refractivity contribution in [2.45, 2.75) is 66.0 Å². The number of likely N-dealkylation sites (N-methyl/N-ethyl adjacent to an activating group) is 2. The number of nitrogens with zero attached hydrogens (tertiary/aromatic N) is 1. The number of hydrogen-bond acceptors (Lipinski definition) is 2. The minimum Gasteiger partial charge on any atom is -0.311 e. The SMILES string of the molecule is CCN(CC)C(CC)(CC)C(NC)c1cccc(C)c1C.